The van der Waals surface area contributed by atoms with Crippen molar-refractivity contribution >= 4 is 0 Å². The van der Waals surface area contributed by atoms with Gasteiger partial charge >= 0.3 is 0 Å². The summed E-state index contributed by atoms with van der Waals surface area (Å²) in [5, 5.41) is 8.49. The number of rotatable bonds is 4. The van der Waals surface area contributed by atoms with Gasteiger partial charge in [0.1, 0.15) is 0 Å². The molecule has 0 radical (unpaired) electrons. The second-order valence-corrected chi connectivity index (χ2v) is 3.83. The maximum absolute atomic E-state index is 8.49. The quantitative estimate of drug-likeness (QED) is 0.772. The van der Waals surface area contributed by atoms with Crippen molar-refractivity contribution in [1.29, 1.82) is 5.26 Å². The minimum absolute atomic E-state index is 0.309. The monoisotopic (exact) mass is 218 g/mol. The van der Waals surface area contributed by atoms with Crippen LogP contribution in [0, 0.1) is 11.3 Å². The van der Waals surface area contributed by atoms with Crippen molar-refractivity contribution in [2.45, 2.75) is 13.0 Å². The highest BCUT2D eigenvalue weighted by atomic mass is 16.7. The summed E-state index contributed by atoms with van der Waals surface area (Å²) >= 11 is 0. The number of nitrogens with zero attached hydrogens (tertiary/aromatic N) is 2. The molecule has 0 fully saturated rings. The molecule has 1 aromatic carbocycles. The van der Waals surface area contributed by atoms with Crippen molar-refractivity contribution in [2.24, 2.45) is 0 Å². The maximum Gasteiger partial charge on any atom is 0.231 e. The van der Waals surface area contributed by atoms with Gasteiger partial charge in [0.2, 0.25) is 6.79 Å². The first-order valence-electron chi connectivity index (χ1n) is 5.23. The van der Waals surface area contributed by atoms with Crippen LogP contribution >= 0.6 is 0 Å². The fourth-order valence-corrected chi connectivity index (χ4v) is 1.67. The van der Waals surface area contributed by atoms with Gasteiger partial charge in [-0.1, -0.05) is 6.07 Å². The first-order valence-corrected chi connectivity index (χ1v) is 5.23. The summed E-state index contributed by atoms with van der Waals surface area (Å²) in [6.07, 6.45) is 0.557. The van der Waals surface area contributed by atoms with Crippen molar-refractivity contribution in [3.05, 3.63) is 23.8 Å². The van der Waals surface area contributed by atoms with Crippen molar-refractivity contribution in [2.75, 3.05) is 20.4 Å². The molecule has 0 amide bonds. The van der Waals surface area contributed by atoms with Crippen molar-refractivity contribution < 1.29 is 9.47 Å². The van der Waals surface area contributed by atoms with Crippen LogP contribution in [0.4, 0.5) is 0 Å². The molecule has 0 aliphatic carbocycles. The average molecular weight is 218 g/mol. The van der Waals surface area contributed by atoms with Gasteiger partial charge in [-0.25, -0.2) is 0 Å². The molecular formula is C12H14N2O2. The van der Waals surface area contributed by atoms with Gasteiger partial charge in [-0.05, 0) is 24.7 Å². The Bertz CT molecular complexity index is 412. The molecule has 0 saturated heterocycles. The largest absolute Gasteiger partial charge is 0.454 e. The lowest BCUT2D eigenvalue weighted by atomic mass is 10.2. The molecule has 0 bridgehead atoms. The smallest absolute Gasteiger partial charge is 0.231 e. The van der Waals surface area contributed by atoms with Gasteiger partial charge in [-0.3, -0.25) is 0 Å². The Balaban J connectivity index is 1.97. The van der Waals surface area contributed by atoms with Crippen LogP contribution in [0.25, 0.3) is 0 Å². The zero-order valence-corrected chi connectivity index (χ0v) is 9.27. The molecule has 1 aromatic rings. The Morgan fingerprint density at radius 2 is 2.19 bits per heavy atom. The van der Waals surface area contributed by atoms with Crippen molar-refractivity contribution in [1.82, 2.24) is 4.90 Å². The molecule has 2 rings (SSSR count). The fraction of sp³-hybridized carbons (Fsp3) is 0.417. The highest BCUT2D eigenvalue weighted by molar-refractivity contribution is 5.44. The summed E-state index contributed by atoms with van der Waals surface area (Å²) in [6.45, 7) is 1.91. The van der Waals surface area contributed by atoms with Crippen molar-refractivity contribution in [3.63, 3.8) is 0 Å². The predicted molar refractivity (Wildman–Crippen MR) is 59.1 cm³/mol. The third kappa shape index (κ3) is 2.44. The topological polar surface area (TPSA) is 45.5 Å². The normalized spacial score (nSPS) is 12.8. The summed E-state index contributed by atoms with van der Waals surface area (Å²) in [5.74, 6) is 1.62. The van der Waals surface area contributed by atoms with E-state index in [4.69, 9.17) is 14.7 Å². The van der Waals surface area contributed by atoms with Gasteiger partial charge < -0.3 is 14.4 Å². The van der Waals surface area contributed by atoms with E-state index in [9.17, 15) is 0 Å². The molecule has 84 valence electrons. The highest BCUT2D eigenvalue weighted by Crippen LogP contribution is 2.32. The molecule has 1 heterocycles. The third-order valence-electron chi connectivity index (χ3n) is 2.49. The number of hydrogen-bond acceptors (Lipinski definition) is 4. The molecule has 0 spiro atoms. The Morgan fingerprint density at radius 1 is 1.38 bits per heavy atom. The van der Waals surface area contributed by atoms with E-state index in [2.05, 4.69) is 11.0 Å². The lowest BCUT2D eigenvalue weighted by molar-refractivity contribution is 0.174. The summed E-state index contributed by atoms with van der Waals surface area (Å²) < 4.78 is 10.6. The number of ether oxygens (including phenoxy) is 2. The van der Waals surface area contributed by atoms with Crippen LogP contribution < -0.4 is 9.47 Å². The lowest BCUT2D eigenvalue weighted by Crippen LogP contribution is -2.18. The Hall–Kier alpha value is -1.73. The average Bonchev–Trinajstić information content (AvgIpc) is 2.73. The van der Waals surface area contributed by atoms with Crippen LogP contribution in [-0.4, -0.2) is 25.3 Å². The molecule has 0 N–H and O–H groups in total. The molecule has 4 heteroatoms. The molecule has 0 atom stereocenters. The van der Waals surface area contributed by atoms with Crippen LogP contribution in [0.5, 0.6) is 11.5 Å². The number of fused-ring (bicyclic) bond motifs is 1. The predicted octanol–water partition coefficient (Wildman–Crippen LogP) is 1.76. The molecular weight excluding hydrogens is 204 g/mol. The summed E-state index contributed by atoms with van der Waals surface area (Å²) in [5.41, 5.74) is 1.17. The summed E-state index contributed by atoms with van der Waals surface area (Å²) in [7, 11) is 2.00. The number of nitriles is 1. The van der Waals surface area contributed by atoms with E-state index < -0.39 is 0 Å². The van der Waals surface area contributed by atoms with E-state index in [-0.39, 0.29) is 0 Å². The van der Waals surface area contributed by atoms with Gasteiger partial charge in [0.25, 0.3) is 0 Å². The van der Waals surface area contributed by atoms with E-state index >= 15 is 0 Å². The van der Waals surface area contributed by atoms with E-state index in [0.717, 1.165) is 24.6 Å². The SMILES string of the molecule is CN(CCC#N)Cc1ccc2c(c1)OCO2. The van der Waals surface area contributed by atoms with Gasteiger partial charge in [0, 0.05) is 19.5 Å². The maximum atomic E-state index is 8.49. The second kappa shape index (κ2) is 4.86. The van der Waals surface area contributed by atoms with E-state index in [0.29, 0.717) is 13.2 Å². The third-order valence-corrected chi connectivity index (χ3v) is 2.49. The standard InChI is InChI=1S/C12H14N2O2/c1-14(6-2-5-13)8-10-3-4-11-12(7-10)16-9-15-11/h3-4,7H,2,6,8-9H2,1H3. The lowest BCUT2D eigenvalue weighted by Gasteiger charge is -2.14. The van der Waals surface area contributed by atoms with E-state index in [1.54, 1.807) is 0 Å². The van der Waals surface area contributed by atoms with E-state index in [1.165, 1.54) is 5.56 Å². The molecule has 0 saturated carbocycles. The van der Waals surface area contributed by atoms with Gasteiger partial charge in [-0.2, -0.15) is 5.26 Å². The van der Waals surface area contributed by atoms with Crippen LogP contribution in [0.3, 0.4) is 0 Å². The summed E-state index contributed by atoms with van der Waals surface area (Å²) in [6, 6.07) is 8.08. The first-order chi connectivity index (χ1) is 7.79. The molecule has 1 aliphatic rings. The van der Waals surface area contributed by atoms with Crippen LogP contribution in [0.2, 0.25) is 0 Å². The van der Waals surface area contributed by atoms with Gasteiger partial charge in [0.15, 0.2) is 11.5 Å². The molecule has 0 aromatic heterocycles. The fourth-order valence-electron chi connectivity index (χ4n) is 1.67. The van der Waals surface area contributed by atoms with Gasteiger partial charge in [0.05, 0.1) is 6.07 Å². The molecule has 4 nitrogen and oxygen atoms in total. The Kier molecular flexibility index (Phi) is 3.28. The van der Waals surface area contributed by atoms with Gasteiger partial charge in [-0.15, -0.1) is 0 Å². The molecule has 1 aliphatic heterocycles. The zero-order valence-electron chi connectivity index (χ0n) is 9.27. The van der Waals surface area contributed by atoms with Crippen LogP contribution in [0.15, 0.2) is 18.2 Å². The zero-order chi connectivity index (χ0) is 11.4. The Labute approximate surface area is 95.0 Å². The van der Waals surface area contributed by atoms with Crippen LogP contribution in [0.1, 0.15) is 12.0 Å². The minimum Gasteiger partial charge on any atom is -0.454 e. The molecule has 16 heavy (non-hydrogen) atoms. The molecule has 0 unspecified atom stereocenters. The first kappa shape index (κ1) is 10.8. The summed E-state index contributed by atoms with van der Waals surface area (Å²) in [4.78, 5) is 2.11. The van der Waals surface area contributed by atoms with E-state index in [1.807, 2.05) is 25.2 Å². The Morgan fingerprint density at radius 3 is 3.00 bits per heavy atom. The highest BCUT2D eigenvalue weighted by Gasteiger charge is 2.13. The second-order valence-electron chi connectivity index (χ2n) is 3.83. The minimum atomic E-state index is 0.309. The van der Waals surface area contributed by atoms with Crippen molar-refractivity contribution in [3.8, 4) is 17.6 Å². The van der Waals surface area contributed by atoms with Crippen LogP contribution in [-0.2, 0) is 6.54 Å². The number of hydrogen-bond donors (Lipinski definition) is 0. The number of benzene rings is 1.